The van der Waals surface area contributed by atoms with E-state index in [4.69, 9.17) is 21.1 Å². The molecule has 0 fully saturated rings. The Bertz CT molecular complexity index is 683. The molecule has 0 aliphatic carbocycles. The second kappa shape index (κ2) is 8.06. The molecular weight excluding hydrogens is 326 g/mol. The van der Waals surface area contributed by atoms with Gasteiger partial charge in [0.15, 0.2) is 0 Å². The molecule has 0 aliphatic heterocycles. The third-order valence-electron chi connectivity index (χ3n) is 3.83. The fraction of sp³-hybridized carbons (Fsp3) is 0.316. The second-order valence-corrected chi connectivity index (χ2v) is 6.35. The van der Waals surface area contributed by atoms with Gasteiger partial charge in [-0.25, -0.2) is 0 Å². The number of halogens is 1. The molecule has 0 unspecified atom stereocenters. The Balaban J connectivity index is 1.83. The Morgan fingerprint density at radius 3 is 2.42 bits per heavy atom. The summed E-state index contributed by atoms with van der Waals surface area (Å²) in [5, 5.41) is 3.52. The third kappa shape index (κ3) is 4.65. The van der Waals surface area contributed by atoms with Crippen molar-refractivity contribution in [2.45, 2.75) is 19.3 Å². The highest BCUT2D eigenvalue weighted by Crippen LogP contribution is 2.25. The fourth-order valence-electron chi connectivity index (χ4n) is 2.23. The topological polar surface area (TPSA) is 47.6 Å². The Morgan fingerprint density at radius 1 is 1.12 bits per heavy atom. The molecule has 0 heterocycles. The van der Waals surface area contributed by atoms with Gasteiger partial charge in [0, 0.05) is 5.02 Å². The van der Waals surface area contributed by atoms with E-state index in [9.17, 15) is 4.79 Å². The molecule has 24 heavy (non-hydrogen) atoms. The van der Waals surface area contributed by atoms with Gasteiger partial charge in [-0.2, -0.15) is 0 Å². The monoisotopic (exact) mass is 347 g/mol. The SMILES string of the molecule is COc1ccc(OCCNC(=O)C(C)(C)c2cccc(Cl)c2)cc1. The predicted molar refractivity (Wildman–Crippen MR) is 96.0 cm³/mol. The molecule has 5 heteroatoms. The standard InChI is InChI=1S/C19H22ClNO3/c1-19(2,14-5-4-6-15(20)13-14)18(22)21-11-12-24-17-9-7-16(23-3)8-10-17/h4-10,13H,11-12H2,1-3H3,(H,21,22). The lowest BCUT2D eigenvalue weighted by atomic mass is 9.84. The van der Waals surface area contributed by atoms with Crippen molar-refractivity contribution < 1.29 is 14.3 Å². The van der Waals surface area contributed by atoms with E-state index in [1.54, 1.807) is 13.2 Å². The van der Waals surface area contributed by atoms with E-state index >= 15 is 0 Å². The van der Waals surface area contributed by atoms with E-state index in [-0.39, 0.29) is 5.91 Å². The molecule has 0 bridgehead atoms. The summed E-state index contributed by atoms with van der Waals surface area (Å²) >= 11 is 6.01. The van der Waals surface area contributed by atoms with Crippen molar-refractivity contribution in [3.63, 3.8) is 0 Å². The van der Waals surface area contributed by atoms with Crippen molar-refractivity contribution in [3.05, 3.63) is 59.1 Å². The lowest BCUT2D eigenvalue weighted by Crippen LogP contribution is -2.41. The molecule has 2 aromatic rings. The molecule has 1 N–H and O–H groups in total. The molecule has 0 saturated carbocycles. The van der Waals surface area contributed by atoms with E-state index in [0.29, 0.717) is 18.2 Å². The maximum absolute atomic E-state index is 12.4. The van der Waals surface area contributed by atoms with Crippen molar-refractivity contribution in [1.82, 2.24) is 5.32 Å². The Morgan fingerprint density at radius 2 is 1.79 bits per heavy atom. The number of carbonyl (C=O) groups excluding carboxylic acids is 1. The summed E-state index contributed by atoms with van der Waals surface area (Å²) in [6, 6.07) is 14.7. The summed E-state index contributed by atoms with van der Waals surface area (Å²) in [5.74, 6) is 1.45. The van der Waals surface area contributed by atoms with E-state index in [1.807, 2.05) is 56.3 Å². The molecule has 0 saturated heterocycles. The maximum atomic E-state index is 12.4. The summed E-state index contributed by atoms with van der Waals surface area (Å²) in [7, 11) is 1.62. The number of rotatable bonds is 7. The summed E-state index contributed by atoms with van der Waals surface area (Å²) in [6.45, 7) is 4.56. The average molecular weight is 348 g/mol. The minimum Gasteiger partial charge on any atom is -0.497 e. The highest BCUT2D eigenvalue weighted by Gasteiger charge is 2.29. The molecule has 0 aliphatic rings. The Hall–Kier alpha value is -2.20. The molecule has 4 nitrogen and oxygen atoms in total. The molecule has 2 aromatic carbocycles. The lowest BCUT2D eigenvalue weighted by Gasteiger charge is -2.24. The molecule has 0 spiro atoms. The van der Waals surface area contributed by atoms with Gasteiger partial charge in [0.25, 0.3) is 0 Å². The number of ether oxygens (including phenoxy) is 2. The van der Waals surface area contributed by atoms with Crippen LogP contribution in [0.25, 0.3) is 0 Å². The molecule has 0 radical (unpaired) electrons. The van der Waals surface area contributed by atoms with Crippen LogP contribution >= 0.6 is 11.6 Å². The normalized spacial score (nSPS) is 11.0. The van der Waals surface area contributed by atoms with Gasteiger partial charge in [-0.1, -0.05) is 23.7 Å². The van der Waals surface area contributed by atoms with Gasteiger partial charge in [0.1, 0.15) is 18.1 Å². The minimum atomic E-state index is -0.662. The zero-order chi connectivity index (χ0) is 17.6. The number of benzene rings is 2. The first kappa shape index (κ1) is 18.1. The van der Waals surface area contributed by atoms with Crippen LogP contribution in [0.15, 0.2) is 48.5 Å². The number of hydrogen-bond acceptors (Lipinski definition) is 3. The number of carbonyl (C=O) groups is 1. The van der Waals surface area contributed by atoms with E-state index in [2.05, 4.69) is 5.32 Å². The van der Waals surface area contributed by atoms with Gasteiger partial charge < -0.3 is 14.8 Å². The largest absolute Gasteiger partial charge is 0.497 e. The van der Waals surface area contributed by atoms with Crippen molar-refractivity contribution in [2.24, 2.45) is 0 Å². The van der Waals surface area contributed by atoms with Gasteiger partial charge in [0.05, 0.1) is 19.1 Å². The zero-order valence-electron chi connectivity index (χ0n) is 14.1. The molecule has 128 valence electrons. The summed E-state index contributed by atoms with van der Waals surface area (Å²) in [6.07, 6.45) is 0. The van der Waals surface area contributed by atoms with Crippen LogP contribution in [0.2, 0.25) is 5.02 Å². The quantitative estimate of drug-likeness (QED) is 0.774. The van der Waals surface area contributed by atoms with Crippen LogP contribution in [0.1, 0.15) is 19.4 Å². The van der Waals surface area contributed by atoms with Crippen LogP contribution in [0.4, 0.5) is 0 Å². The van der Waals surface area contributed by atoms with E-state index in [0.717, 1.165) is 17.1 Å². The lowest BCUT2D eigenvalue weighted by molar-refractivity contribution is -0.125. The fourth-order valence-corrected chi connectivity index (χ4v) is 2.42. The van der Waals surface area contributed by atoms with Crippen molar-refractivity contribution in [1.29, 1.82) is 0 Å². The molecular formula is C19H22ClNO3. The van der Waals surface area contributed by atoms with Crippen molar-refractivity contribution >= 4 is 17.5 Å². The van der Waals surface area contributed by atoms with Crippen molar-refractivity contribution in [3.8, 4) is 11.5 Å². The number of amides is 1. The van der Waals surface area contributed by atoms with Crippen LogP contribution in [0.5, 0.6) is 11.5 Å². The van der Waals surface area contributed by atoms with Gasteiger partial charge in [-0.15, -0.1) is 0 Å². The first-order valence-corrected chi connectivity index (χ1v) is 8.12. The van der Waals surface area contributed by atoms with Gasteiger partial charge in [-0.05, 0) is 55.8 Å². The van der Waals surface area contributed by atoms with Crippen LogP contribution in [-0.4, -0.2) is 26.2 Å². The summed E-state index contributed by atoms with van der Waals surface area (Å²) in [5.41, 5.74) is 0.217. The number of hydrogen-bond donors (Lipinski definition) is 1. The van der Waals surface area contributed by atoms with Crippen LogP contribution in [-0.2, 0) is 10.2 Å². The van der Waals surface area contributed by atoms with Gasteiger partial charge in [0.2, 0.25) is 5.91 Å². The predicted octanol–water partition coefficient (Wildman–Crippen LogP) is 3.82. The van der Waals surface area contributed by atoms with E-state index < -0.39 is 5.41 Å². The van der Waals surface area contributed by atoms with Crippen molar-refractivity contribution in [2.75, 3.05) is 20.3 Å². The second-order valence-electron chi connectivity index (χ2n) is 5.92. The van der Waals surface area contributed by atoms with E-state index in [1.165, 1.54) is 0 Å². The third-order valence-corrected chi connectivity index (χ3v) is 4.06. The van der Waals surface area contributed by atoms with Gasteiger partial charge >= 0.3 is 0 Å². The first-order valence-electron chi connectivity index (χ1n) is 7.74. The summed E-state index contributed by atoms with van der Waals surface area (Å²) < 4.78 is 10.7. The molecule has 1 amide bonds. The summed E-state index contributed by atoms with van der Waals surface area (Å²) in [4.78, 5) is 12.4. The zero-order valence-corrected chi connectivity index (χ0v) is 14.9. The van der Waals surface area contributed by atoms with Gasteiger partial charge in [-0.3, -0.25) is 4.79 Å². The molecule has 0 aromatic heterocycles. The maximum Gasteiger partial charge on any atom is 0.230 e. The molecule has 2 rings (SSSR count). The Kier molecular flexibility index (Phi) is 6.10. The van der Waals surface area contributed by atoms with Crippen LogP contribution in [0, 0.1) is 0 Å². The smallest absolute Gasteiger partial charge is 0.230 e. The highest BCUT2D eigenvalue weighted by atomic mass is 35.5. The number of nitrogens with one attached hydrogen (secondary N) is 1. The minimum absolute atomic E-state index is 0.0666. The van der Waals surface area contributed by atoms with Crippen LogP contribution < -0.4 is 14.8 Å². The Labute approximate surface area is 147 Å². The first-order chi connectivity index (χ1) is 11.4. The number of methoxy groups -OCH3 is 1. The highest BCUT2D eigenvalue weighted by molar-refractivity contribution is 6.30. The average Bonchev–Trinajstić information content (AvgIpc) is 2.59. The molecule has 0 atom stereocenters. The van der Waals surface area contributed by atoms with Crippen LogP contribution in [0.3, 0.4) is 0 Å².